The van der Waals surface area contributed by atoms with Gasteiger partial charge in [0, 0.05) is 11.6 Å². The highest BCUT2D eigenvalue weighted by atomic mass is 28.3. The lowest BCUT2D eigenvalue weighted by molar-refractivity contribution is 0.625. The molecule has 0 spiro atoms. The van der Waals surface area contributed by atoms with Crippen LogP contribution in [-0.2, 0) is 0 Å². The Labute approximate surface area is 79.8 Å². The van der Waals surface area contributed by atoms with Crippen molar-refractivity contribution >= 4 is 8.07 Å². The summed E-state index contributed by atoms with van der Waals surface area (Å²) in [4.78, 5) is 0. The summed E-state index contributed by atoms with van der Waals surface area (Å²) >= 11 is 0. The Morgan fingerprint density at radius 3 is 2.46 bits per heavy atom. The van der Waals surface area contributed by atoms with E-state index in [1.165, 1.54) is 6.07 Å². The molecular formula is C11H12FSi. The zero-order valence-corrected chi connectivity index (χ0v) is 9.11. The van der Waals surface area contributed by atoms with Crippen LogP contribution in [0.4, 0.5) is 4.39 Å². The van der Waals surface area contributed by atoms with E-state index in [1.54, 1.807) is 12.1 Å². The first-order valence-corrected chi connectivity index (χ1v) is 7.68. The number of benzene rings is 1. The maximum Gasteiger partial charge on any atom is 0.131 e. The van der Waals surface area contributed by atoms with Gasteiger partial charge >= 0.3 is 0 Å². The lowest BCUT2D eigenvalue weighted by Crippen LogP contribution is -2.16. The van der Waals surface area contributed by atoms with E-state index in [0.29, 0.717) is 0 Å². The van der Waals surface area contributed by atoms with Gasteiger partial charge < -0.3 is 0 Å². The van der Waals surface area contributed by atoms with Crippen LogP contribution < -0.4 is 0 Å². The molecule has 1 aromatic carbocycles. The standard InChI is InChI=1S/C11H12FSi/c1-13(2,3)9-8-10-4-6-11(12)7-5-10/h4-6H,1-3H3. The molecule has 0 bridgehead atoms. The van der Waals surface area contributed by atoms with Gasteiger partial charge in [-0.05, 0) is 18.2 Å². The molecule has 0 aliphatic rings. The summed E-state index contributed by atoms with van der Waals surface area (Å²) in [6.07, 6.45) is 0. The van der Waals surface area contributed by atoms with Crippen LogP contribution in [0.3, 0.4) is 0 Å². The largest absolute Gasteiger partial charge is 0.206 e. The Bertz CT molecular complexity index is 335. The summed E-state index contributed by atoms with van der Waals surface area (Å²) in [6, 6.07) is 7.13. The first kappa shape index (κ1) is 10.0. The second-order valence-corrected chi connectivity index (χ2v) is 8.68. The molecule has 0 heterocycles. The Balaban J connectivity index is 2.85. The van der Waals surface area contributed by atoms with Gasteiger partial charge in [-0.2, -0.15) is 0 Å². The first-order valence-electron chi connectivity index (χ1n) is 4.18. The zero-order valence-electron chi connectivity index (χ0n) is 8.11. The Morgan fingerprint density at radius 2 is 2.00 bits per heavy atom. The maximum atomic E-state index is 12.5. The second-order valence-electron chi connectivity index (χ2n) is 3.93. The molecule has 1 radical (unpaired) electrons. The third kappa shape index (κ3) is 3.91. The number of hydrogen-bond acceptors (Lipinski definition) is 0. The topological polar surface area (TPSA) is 0 Å². The van der Waals surface area contributed by atoms with Crippen molar-refractivity contribution in [2.24, 2.45) is 0 Å². The third-order valence-corrected chi connectivity index (χ3v) is 2.23. The fraction of sp³-hybridized carbons (Fsp3) is 0.273. The molecule has 67 valence electrons. The Kier molecular flexibility index (Phi) is 2.89. The van der Waals surface area contributed by atoms with Crippen LogP contribution in [0.2, 0.25) is 19.6 Å². The van der Waals surface area contributed by atoms with Crippen molar-refractivity contribution in [1.82, 2.24) is 0 Å². The van der Waals surface area contributed by atoms with E-state index < -0.39 is 8.07 Å². The molecule has 0 N–H and O–H groups in total. The van der Waals surface area contributed by atoms with Gasteiger partial charge in [-0.25, -0.2) is 4.39 Å². The van der Waals surface area contributed by atoms with E-state index in [0.717, 1.165) is 5.56 Å². The molecule has 0 atom stereocenters. The minimum atomic E-state index is -1.32. The lowest BCUT2D eigenvalue weighted by atomic mass is 10.2. The number of halogens is 1. The van der Waals surface area contributed by atoms with Gasteiger partial charge in [0.05, 0.1) is 0 Å². The molecule has 2 heteroatoms. The van der Waals surface area contributed by atoms with Crippen molar-refractivity contribution in [3.8, 4) is 11.5 Å². The van der Waals surface area contributed by atoms with Crippen molar-refractivity contribution in [1.29, 1.82) is 0 Å². The van der Waals surface area contributed by atoms with Crippen LogP contribution in [0.5, 0.6) is 0 Å². The van der Waals surface area contributed by atoms with Crippen molar-refractivity contribution in [2.45, 2.75) is 19.6 Å². The van der Waals surface area contributed by atoms with Gasteiger partial charge in [-0.3, -0.25) is 0 Å². The average Bonchev–Trinajstić information content (AvgIpc) is 2.02. The molecule has 0 aliphatic carbocycles. The molecule has 0 aromatic heterocycles. The van der Waals surface area contributed by atoms with Gasteiger partial charge in [0.2, 0.25) is 0 Å². The molecule has 1 aromatic rings. The van der Waals surface area contributed by atoms with Crippen LogP contribution >= 0.6 is 0 Å². The summed E-state index contributed by atoms with van der Waals surface area (Å²) in [7, 11) is -1.32. The quantitative estimate of drug-likeness (QED) is 0.437. The highest BCUT2D eigenvalue weighted by Gasteiger charge is 2.07. The van der Waals surface area contributed by atoms with E-state index >= 15 is 0 Å². The van der Waals surface area contributed by atoms with Crippen molar-refractivity contribution < 1.29 is 4.39 Å². The van der Waals surface area contributed by atoms with Crippen LogP contribution in [0.1, 0.15) is 5.56 Å². The van der Waals surface area contributed by atoms with Gasteiger partial charge in [0.25, 0.3) is 0 Å². The molecule has 1 rings (SSSR count). The van der Waals surface area contributed by atoms with Crippen LogP contribution in [0, 0.1) is 23.3 Å². The fourth-order valence-electron chi connectivity index (χ4n) is 0.743. The third-order valence-electron chi connectivity index (χ3n) is 1.36. The van der Waals surface area contributed by atoms with Gasteiger partial charge in [0.15, 0.2) is 0 Å². The van der Waals surface area contributed by atoms with Crippen molar-refractivity contribution in [3.05, 3.63) is 35.6 Å². The first-order chi connectivity index (χ1) is 5.97. The highest BCUT2D eigenvalue weighted by molar-refractivity contribution is 6.83. The molecule has 0 fully saturated rings. The van der Waals surface area contributed by atoms with Crippen molar-refractivity contribution in [2.75, 3.05) is 0 Å². The number of hydrogen-bond donors (Lipinski definition) is 0. The van der Waals surface area contributed by atoms with Crippen molar-refractivity contribution in [3.63, 3.8) is 0 Å². The SMILES string of the molecule is C[Si](C)(C)C#Cc1c[c]c(F)cc1. The molecule has 0 nitrogen and oxygen atoms in total. The van der Waals surface area contributed by atoms with Crippen LogP contribution in [0.15, 0.2) is 18.2 Å². The summed E-state index contributed by atoms with van der Waals surface area (Å²) in [6.45, 7) is 6.52. The summed E-state index contributed by atoms with van der Waals surface area (Å²) in [5, 5.41) is 0. The average molecular weight is 191 g/mol. The fourth-order valence-corrected chi connectivity index (χ4v) is 1.26. The highest BCUT2D eigenvalue weighted by Crippen LogP contribution is 2.02. The molecule has 0 amide bonds. The van der Waals surface area contributed by atoms with E-state index in [1.807, 2.05) is 0 Å². The second kappa shape index (κ2) is 3.76. The van der Waals surface area contributed by atoms with Gasteiger partial charge in [-0.15, -0.1) is 5.54 Å². The van der Waals surface area contributed by atoms with E-state index in [-0.39, 0.29) is 5.82 Å². The molecule has 0 saturated carbocycles. The van der Waals surface area contributed by atoms with E-state index in [4.69, 9.17) is 0 Å². The smallest absolute Gasteiger partial charge is 0.131 e. The van der Waals surface area contributed by atoms with Crippen LogP contribution in [-0.4, -0.2) is 8.07 Å². The van der Waals surface area contributed by atoms with Crippen LogP contribution in [0.25, 0.3) is 0 Å². The maximum absolute atomic E-state index is 12.5. The molecule has 13 heavy (non-hydrogen) atoms. The monoisotopic (exact) mass is 191 g/mol. The van der Waals surface area contributed by atoms with E-state index in [9.17, 15) is 4.39 Å². The molecule has 0 unspecified atom stereocenters. The molecular weight excluding hydrogens is 179 g/mol. The van der Waals surface area contributed by atoms with Gasteiger partial charge in [0.1, 0.15) is 13.9 Å². The van der Waals surface area contributed by atoms with E-state index in [2.05, 4.69) is 37.2 Å². The van der Waals surface area contributed by atoms with Gasteiger partial charge in [-0.1, -0.05) is 25.6 Å². The zero-order chi connectivity index (χ0) is 9.90. The predicted molar refractivity (Wildman–Crippen MR) is 55.5 cm³/mol. The number of rotatable bonds is 0. The Morgan fingerprint density at radius 1 is 1.31 bits per heavy atom. The predicted octanol–water partition coefficient (Wildman–Crippen LogP) is 2.85. The Hall–Kier alpha value is -1.07. The molecule has 0 saturated heterocycles. The summed E-state index contributed by atoms with van der Waals surface area (Å²) in [5.74, 6) is 2.69. The minimum absolute atomic E-state index is 0.335. The molecule has 0 aliphatic heterocycles. The normalized spacial score (nSPS) is 10.5. The minimum Gasteiger partial charge on any atom is -0.206 e. The summed E-state index contributed by atoms with van der Waals surface area (Å²) < 4.78 is 12.5. The summed E-state index contributed by atoms with van der Waals surface area (Å²) in [5.41, 5.74) is 4.04. The lowest BCUT2D eigenvalue weighted by Gasteiger charge is -2.02.